The first kappa shape index (κ1) is 22.2. The molecule has 3 rings (SSSR count). The number of carboxylic acid groups (broad SMARTS) is 1. The predicted octanol–water partition coefficient (Wildman–Crippen LogP) is 2.57. The van der Waals surface area contributed by atoms with Crippen LogP contribution < -0.4 is 11.1 Å². The molecule has 0 saturated carbocycles. The van der Waals surface area contributed by atoms with E-state index >= 15 is 0 Å². The van der Waals surface area contributed by atoms with Crippen molar-refractivity contribution in [2.45, 2.75) is 31.1 Å². The molecule has 164 valence electrons. The van der Waals surface area contributed by atoms with Crippen molar-refractivity contribution in [1.29, 1.82) is 0 Å². The van der Waals surface area contributed by atoms with Crippen LogP contribution in [0.2, 0.25) is 0 Å². The standard InChI is InChI=1S/C21H20F3N3O4/c22-21(23,24)18-14(13-3-1-2-4-16(13)26-18)10-15(25)19(29)27-17(20(30)31)9-11-5-7-12(28)8-6-11/h1-8,15,17,26,28H,9-10,25H2,(H,27,29)(H,30,31)/t15-,17-/m0/s1. The van der Waals surface area contributed by atoms with Crippen LogP contribution in [-0.2, 0) is 28.6 Å². The maximum atomic E-state index is 13.5. The largest absolute Gasteiger partial charge is 0.508 e. The molecule has 0 unspecified atom stereocenters. The van der Waals surface area contributed by atoms with Crippen molar-refractivity contribution in [3.05, 3.63) is 65.4 Å². The summed E-state index contributed by atoms with van der Waals surface area (Å²) in [6, 6.07) is 9.13. The summed E-state index contributed by atoms with van der Waals surface area (Å²) in [5.41, 5.74) is 5.50. The molecule has 0 radical (unpaired) electrons. The molecule has 7 nitrogen and oxygen atoms in total. The third-order valence-electron chi connectivity index (χ3n) is 4.85. The highest BCUT2D eigenvalue weighted by Crippen LogP contribution is 2.36. The Morgan fingerprint density at radius 3 is 2.32 bits per heavy atom. The van der Waals surface area contributed by atoms with E-state index in [0.717, 1.165) is 0 Å². The number of halogens is 3. The van der Waals surface area contributed by atoms with E-state index in [0.29, 0.717) is 5.56 Å². The van der Waals surface area contributed by atoms with Gasteiger partial charge in [-0.25, -0.2) is 4.79 Å². The lowest BCUT2D eigenvalue weighted by Crippen LogP contribution is -2.50. The summed E-state index contributed by atoms with van der Waals surface area (Å²) in [6.45, 7) is 0. The molecular weight excluding hydrogens is 415 g/mol. The number of benzene rings is 2. The summed E-state index contributed by atoms with van der Waals surface area (Å²) >= 11 is 0. The number of phenols is 1. The molecule has 2 aromatic carbocycles. The van der Waals surface area contributed by atoms with Gasteiger partial charge in [-0.05, 0) is 35.7 Å². The molecule has 2 atom stereocenters. The van der Waals surface area contributed by atoms with Gasteiger partial charge < -0.3 is 26.2 Å². The van der Waals surface area contributed by atoms with Gasteiger partial charge in [0.1, 0.15) is 17.5 Å². The third kappa shape index (κ3) is 5.15. The van der Waals surface area contributed by atoms with Crippen molar-refractivity contribution in [3.8, 4) is 5.75 Å². The number of aromatic hydroxyl groups is 1. The average molecular weight is 435 g/mol. The van der Waals surface area contributed by atoms with Crippen molar-refractivity contribution in [2.24, 2.45) is 5.73 Å². The van der Waals surface area contributed by atoms with Gasteiger partial charge in [0.15, 0.2) is 0 Å². The lowest BCUT2D eigenvalue weighted by Gasteiger charge is -2.19. The number of aliphatic carboxylic acids is 1. The summed E-state index contributed by atoms with van der Waals surface area (Å²) in [5.74, 6) is -2.21. The van der Waals surface area contributed by atoms with E-state index in [1.54, 1.807) is 12.1 Å². The first-order chi connectivity index (χ1) is 14.6. The molecule has 0 bridgehead atoms. The number of amides is 1. The van der Waals surface area contributed by atoms with E-state index in [1.807, 2.05) is 0 Å². The molecule has 1 amide bonds. The maximum Gasteiger partial charge on any atom is 0.431 e. The molecule has 10 heteroatoms. The second-order valence-corrected chi connectivity index (χ2v) is 7.10. The molecular formula is C21H20F3N3O4. The Hall–Kier alpha value is -3.53. The minimum absolute atomic E-state index is 0.000816. The Labute approximate surface area is 174 Å². The first-order valence-corrected chi connectivity index (χ1v) is 9.29. The number of rotatable bonds is 7. The van der Waals surface area contributed by atoms with Gasteiger partial charge in [0.2, 0.25) is 5.91 Å². The summed E-state index contributed by atoms with van der Waals surface area (Å²) in [4.78, 5) is 26.4. The highest BCUT2D eigenvalue weighted by atomic mass is 19.4. The summed E-state index contributed by atoms with van der Waals surface area (Å²) < 4.78 is 40.4. The number of fused-ring (bicyclic) bond motifs is 1. The second-order valence-electron chi connectivity index (χ2n) is 7.10. The number of hydrogen-bond donors (Lipinski definition) is 5. The highest BCUT2D eigenvalue weighted by Gasteiger charge is 2.37. The molecule has 0 aliphatic heterocycles. The minimum atomic E-state index is -4.67. The molecule has 1 aromatic heterocycles. The van der Waals surface area contributed by atoms with Crippen LogP contribution in [0.3, 0.4) is 0 Å². The number of alkyl halides is 3. The molecule has 31 heavy (non-hydrogen) atoms. The fourth-order valence-electron chi connectivity index (χ4n) is 3.31. The van der Waals surface area contributed by atoms with Gasteiger partial charge in [-0.3, -0.25) is 4.79 Å². The predicted molar refractivity (Wildman–Crippen MR) is 106 cm³/mol. The van der Waals surface area contributed by atoms with Crippen LogP contribution in [0.4, 0.5) is 13.2 Å². The Bertz CT molecular complexity index is 1090. The van der Waals surface area contributed by atoms with Gasteiger partial charge in [-0.1, -0.05) is 30.3 Å². The molecule has 0 spiro atoms. The number of aromatic nitrogens is 1. The molecule has 3 aromatic rings. The molecule has 0 aliphatic rings. The SMILES string of the molecule is N[C@@H](Cc1c(C(F)(F)F)[nH]c2ccccc12)C(=O)N[C@@H](Cc1ccc(O)cc1)C(=O)O. The van der Waals surface area contributed by atoms with Crippen LogP contribution in [-0.4, -0.2) is 39.2 Å². The normalized spacial score (nSPS) is 13.7. The van der Waals surface area contributed by atoms with Crippen molar-refractivity contribution in [2.75, 3.05) is 0 Å². The number of nitrogens with two attached hydrogens (primary N) is 1. The van der Waals surface area contributed by atoms with E-state index in [2.05, 4.69) is 10.3 Å². The lowest BCUT2D eigenvalue weighted by molar-refractivity contribution is -0.142. The van der Waals surface area contributed by atoms with E-state index in [9.17, 15) is 33.0 Å². The van der Waals surface area contributed by atoms with Crippen molar-refractivity contribution in [3.63, 3.8) is 0 Å². The Balaban J connectivity index is 1.78. The number of aromatic amines is 1. The van der Waals surface area contributed by atoms with E-state index < -0.39 is 42.3 Å². The highest BCUT2D eigenvalue weighted by molar-refractivity contribution is 5.89. The van der Waals surface area contributed by atoms with Crippen LogP contribution in [0.5, 0.6) is 5.75 Å². The number of H-pyrrole nitrogens is 1. The summed E-state index contributed by atoms with van der Waals surface area (Å²) in [7, 11) is 0. The first-order valence-electron chi connectivity index (χ1n) is 9.29. The summed E-state index contributed by atoms with van der Waals surface area (Å²) in [5, 5.41) is 21.3. The number of phenolic OH excluding ortho intramolecular Hbond substituents is 1. The quantitative estimate of drug-likeness (QED) is 0.390. The van der Waals surface area contributed by atoms with Gasteiger partial charge in [-0.15, -0.1) is 0 Å². The summed E-state index contributed by atoms with van der Waals surface area (Å²) in [6.07, 6.45) is -5.20. The average Bonchev–Trinajstić information content (AvgIpc) is 3.08. The van der Waals surface area contributed by atoms with Gasteiger partial charge in [0.05, 0.1) is 6.04 Å². The Morgan fingerprint density at radius 1 is 1.06 bits per heavy atom. The Kier molecular flexibility index (Phi) is 6.21. The monoisotopic (exact) mass is 435 g/mol. The van der Waals surface area contributed by atoms with Crippen molar-refractivity contribution < 1.29 is 33.0 Å². The zero-order valence-electron chi connectivity index (χ0n) is 16.1. The molecule has 0 aliphatic carbocycles. The second kappa shape index (κ2) is 8.68. The van der Waals surface area contributed by atoms with E-state index in [1.165, 1.54) is 36.4 Å². The number of para-hydroxylation sites is 1. The van der Waals surface area contributed by atoms with Gasteiger partial charge >= 0.3 is 12.1 Å². The van der Waals surface area contributed by atoms with Gasteiger partial charge in [0, 0.05) is 17.3 Å². The van der Waals surface area contributed by atoms with Gasteiger partial charge in [0.25, 0.3) is 0 Å². The van der Waals surface area contributed by atoms with E-state index in [-0.39, 0.29) is 28.6 Å². The number of nitrogens with one attached hydrogen (secondary N) is 2. The lowest BCUT2D eigenvalue weighted by atomic mass is 10.0. The topological polar surface area (TPSA) is 128 Å². The van der Waals surface area contributed by atoms with Crippen LogP contribution in [0.15, 0.2) is 48.5 Å². The van der Waals surface area contributed by atoms with Crippen LogP contribution in [0, 0.1) is 0 Å². The Morgan fingerprint density at radius 2 is 1.71 bits per heavy atom. The zero-order valence-corrected chi connectivity index (χ0v) is 16.1. The molecule has 0 saturated heterocycles. The molecule has 0 fully saturated rings. The smallest absolute Gasteiger partial charge is 0.431 e. The number of carbonyl (C=O) groups is 2. The van der Waals surface area contributed by atoms with Crippen molar-refractivity contribution in [1.82, 2.24) is 10.3 Å². The third-order valence-corrected chi connectivity index (χ3v) is 4.85. The van der Waals surface area contributed by atoms with Crippen LogP contribution in [0.25, 0.3) is 10.9 Å². The van der Waals surface area contributed by atoms with E-state index in [4.69, 9.17) is 5.73 Å². The van der Waals surface area contributed by atoms with Gasteiger partial charge in [-0.2, -0.15) is 13.2 Å². The minimum Gasteiger partial charge on any atom is -0.508 e. The number of hydrogen-bond acceptors (Lipinski definition) is 4. The maximum absolute atomic E-state index is 13.5. The number of carboxylic acids is 1. The number of carbonyl (C=O) groups excluding carboxylic acids is 1. The molecule has 1 heterocycles. The van der Waals surface area contributed by atoms with Crippen LogP contribution >= 0.6 is 0 Å². The van der Waals surface area contributed by atoms with Crippen LogP contribution in [0.1, 0.15) is 16.8 Å². The fraction of sp³-hybridized carbons (Fsp3) is 0.238. The zero-order chi connectivity index (χ0) is 22.8. The molecule has 6 N–H and O–H groups in total. The van der Waals surface area contributed by atoms with Crippen molar-refractivity contribution >= 4 is 22.8 Å². The fourth-order valence-corrected chi connectivity index (χ4v) is 3.31.